The number of benzene rings is 1. The molecule has 1 amide bonds. The Balaban J connectivity index is 1.68. The van der Waals surface area contributed by atoms with E-state index in [0.717, 1.165) is 17.0 Å². The minimum Gasteiger partial charge on any atom is -0.341 e. The summed E-state index contributed by atoms with van der Waals surface area (Å²) in [5, 5.41) is 0. The van der Waals surface area contributed by atoms with Gasteiger partial charge in [-0.25, -0.2) is 14.4 Å². The molecule has 154 valence electrons. The Morgan fingerprint density at radius 3 is 2.77 bits per heavy atom. The van der Waals surface area contributed by atoms with E-state index in [4.69, 9.17) is 4.11 Å². The Kier molecular flexibility index (Phi) is 4.10. The van der Waals surface area contributed by atoms with Gasteiger partial charge in [0.1, 0.15) is 12.1 Å². The summed E-state index contributed by atoms with van der Waals surface area (Å²) in [6.45, 7) is -2.59. The number of halogens is 4. The molecule has 9 heteroatoms. The molecule has 0 spiro atoms. The SMILES string of the molecule is [2H]C([2H])([2H])N1CCc2c(ccnc2-c2cc(Cc3cc(F)cc(C(F)(F)F)c3)ncn2)C1=O. The lowest BCUT2D eigenvalue weighted by atomic mass is 9.96. The first kappa shape index (κ1) is 16.4. The maximum Gasteiger partial charge on any atom is 0.416 e. The minimum absolute atomic E-state index is 0.0253. The minimum atomic E-state index is -4.68. The largest absolute Gasteiger partial charge is 0.416 e. The van der Waals surface area contributed by atoms with Gasteiger partial charge in [-0.3, -0.25) is 9.78 Å². The Labute approximate surface area is 173 Å². The van der Waals surface area contributed by atoms with Gasteiger partial charge in [-0.2, -0.15) is 13.2 Å². The number of nitrogens with zero attached hydrogens (tertiary/aromatic N) is 4. The molecule has 4 rings (SSSR count). The lowest BCUT2D eigenvalue weighted by Gasteiger charge is -2.25. The first-order chi connectivity index (χ1) is 15.4. The second-order valence-corrected chi connectivity index (χ2v) is 6.81. The Morgan fingerprint density at radius 2 is 2.00 bits per heavy atom. The highest BCUT2D eigenvalue weighted by Gasteiger charge is 2.31. The first-order valence-corrected chi connectivity index (χ1v) is 8.91. The van der Waals surface area contributed by atoms with Gasteiger partial charge in [0.25, 0.3) is 5.91 Å². The second-order valence-electron chi connectivity index (χ2n) is 6.81. The van der Waals surface area contributed by atoms with Crippen LogP contribution in [0.4, 0.5) is 17.6 Å². The molecule has 3 aromatic rings. The Hall–Kier alpha value is -3.36. The molecule has 30 heavy (non-hydrogen) atoms. The number of aromatic nitrogens is 3. The molecule has 1 aromatic carbocycles. The van der Waals surface area contributed by atoms with Crippen LogP contribution in [0, 0.1) is 5.82 Å². The molecular formula is C21H16F4N4O. The number of hydrogen-bond donors (Lipinski definition) is 0. The van der Waals surface area contributed by atoms with Gasteiger partial charge in [0.05, 0.1) is 17.0 Å². The zero-order valence-electron chi connectivity index (χ0n) is 18.4. The predicted molar refractivity (Wildman–Crippen MR) is 100 cm³/mol. The standard InChI is InChI=1S/C21H16F4N4O/c1-29-5-3-16-17(20(29)30)2-4-26-19(16)18-10-15(27-11-28-18)8-12-6-13(21(23,24)25)9-14(22)7-12/h2,4,6-7,9-11H,3,5,8H2,1H3/i1D3. The van der Waals surface area contributed by atoms with Crippen molar-refractivity contribution in [2.75, 3.05) is 13.5 Å². The predicted octanol–water partition coefficient (Wildman–Crippen LogP) is 3.92. The third-order valence-corrected chi connectivity index (χ3v) is 4.75. The number of hydrogen-bond acceptors (Lipinski definition) is 4. The van der Waals surface area contributed by atoms with Crippen LogP contribution in [0.1, 0.15) is 36.9 Å². The number of likely N-dealkylation sites (N-methyl/N-ethyl adjacent to an activating group) is 1. The van der Waals surface area contributed by atoms with E-state index in [1.54, 1.807) is 0 Å². The molecular weight excluding hydrogens is 400 g/mol. The molecule has 0 unspecified atom stereocenters. The van der Waals surface area contributed by atoms with Gasteiger partial charge in [-0.1, -0.05) is 0 Å². The summed E-state index contributed by atoms with van der Waals surface area (Å²) in [6, 6.07) is 5.22. The van der Waals surface area contributed by atoms with E-state index in [1.165, 1.54) is 24.7 Å². The molecule has 0 saturated heterocycles. The normalized spacial score (nSPS) is 15.9. The van der Waals surface area contributed by atoms with Crippen molar-refractivity contribution in [1.82, 2.24) is 19.9 Å². The number of pyridine rings is 1. The number of carbonyl (C=O) groups excluding carboxylic acids is 1. The lowest BCUT2D eigenvalue weighted by Crippen LogP contribution is -2.34. The van der Waals surface area contributed by atoms with Crippen LogP contribution in [0.5, 0.6) is 0 Å². The van der Waals surface area contributed by atoms with Gasteiger partial charge in [0.2, 0.25) is 0 Å². The second kappa shape index (κ2) is 7.47. The van der Waals surface area contributed by atoms with E-state index in [1.807, 2.05) is 0 Å². The first-order valence-electron chi connectivity index (χ1n) is 10.4. The van der Waals surface area contributed by atoms with E-state index in [0.29, 0.717) is 28.7 Å². The van der Waals surface area contributed by atoms with Crippen LogP contribution < -0.4 is 0 Å². The fraction of sp³-hybridized carbons (Fsp3) is 0.238. The van der Waals surface area contributed by atoms with Crippen LogP contribution in [0.15, 0.2) is 42.9 Å². The summed E-state index contributed by atoms with van der Waals surface area (Å²) in [4.78, 5) is 26.0. The summed E-state index contributed by atoms with van der Waals surface area (Å²) in [5.41, 5.74) is 0.704. The molecule has 0 aliphatic carbocycles. The van der Waals surface area contributed by atoms with E-state index >= 15 is 0 Å². The zero-order chi connectivity index (χ0) is 24.0. The molecule has 0 radical (unpaired) electrons. The third-order valence-electron chi connectivity index (χ3n) is 4.75. The molecule has 0 saturated carbocycles. The molecule has 1 aliphatic rings. The number of rotatable bonds is 3. The molecule has 2 aromatic heterocycles. The van der Waals surface area contributed by atoms with Crippen molar-refractivity contribution in [3.63, 3.8) is 0 Å². The fourth-order valence-electron chi connectivity index (χ4n) is 3.39. The van der Waals surface area contributed by atoms with Crippen molar-refractivity contribution in [3.05, 3.63) is 76.6 Å². The molecule has 3 heterocycles. The average Bonchev–Trinajstić information content (AvgIpc) is 2.72. The molecule has 0 atom stereocenters. The monoisotopic (exact) mass is 419 g/mol. The van der Waals surface area contributed by atoms with Gasteiger partial charge in [0, 0.05) is 41.5 Å². The van der Waals surface area contributed by atoms with Crippen LogP contribution in [-0.2, 0) is 19.0 Å². The van der Waals surface area contributed by atoms with Gasteiger partial charge >= 0.3 is 6.18 Å². The van der Waals surface area contributed by atoms with Gasteiger partial charge < -0.3 is 4.90 Å². The van der Waals surface area contributed by atoms with Crippen molar-refractivity contribution in [2.24, 2.45) is 0 Å². The molecule has 0 N–H and O–H groups in total. The fourth-order valence-corrected chi connectivity index (χ4v) is 3.39. The summed E-state index contributed by atoms with van der Waals surface area (Å²) < 4.78 is 75.3. The topological polar surface area (TPSA) is 59.0 Å². The molecule has 1 aliphatic heterocycles. The van der Waals surface area contributed by atoms with Gasteiger partial charge in [0.15, 0.2) is 0 Å². The highest BCUT2D eigenvalue weighted by Crippen LogP contribution is 2.31. The van der Waals surface area contributed by atoms with E-state index in [9.17, 15) is 22.4 Å². The van der Waals surface area contributed by atoms with Crippen LogP contribution in [0.2, 0.25) is 0 Å². The van der Waals surface area contributed by atoms with Gasteiger partial charge in [-0.15, -0.1) is 0 Å². The van der Waals surface area contributed by atoms with E-state index in [-0.39, 0.29) is 30.5 Å². The summed E-state index contributed by atoms with van der Waals surface area (Å²) in [5.74, 6) is -1.65. The van der Waals surface area contributed by atoms with Crippen LogP contribution in [0.25, 0.3) is 11.4 Å². The van der Waals surface area contributed by atoms with E-state index in [2.05, 4.69) is 15.0 Å². The number of carbonyl (C=O) groups is 1. The van der Waals surface area contributed by atoms with Crippen molar-refractivity contribution >= 4 is 5.91 Å². The van der Waals surface area contributed by atoms with Crippen LogP contribution >= 0.6 is 0 Å². The number of alkyl halides is 3. The van der Waals surface area contributed by atoms with E-state index < -0.39 is 30.4 Å². The number of amides is 1. The van der Waals surface area contributed by atoms with Gasteiger partial charge in [-0.05, 0) is 47.9 Å². The lowest BCUT2D eigenvalue weighted by molar-refractivity contribution is -0.137. The molecule has 0 fully saturated rings. The quantitative estimate of drug-likeness (QED) is 0.604. The summed E-state index contributed by atoms with van der Waals surface area (Å²) in [6.07, 6.45) is -1.97. The zero-order valence-corrected chi connectivity index (χ0v) is 15.4. The molecule has 0 bridgehead atoms. The Bertz CT molecular complexity index is 1230. The highest BCUT2D eigenvalue weighted by molar-refractivity contribution is 5.98. The highest BCUT2D eigenvalue weighted by atomic mass is 19.4. The van der Waals surface area contributed by atoms with Crippen LogP contribution in [-0.4, -0.2) is 39.3 Å². The summed E-state index contributed by atoms with van der Waals surface area (Å²) in [7, 11) is 0. The van der Waals surface area contributed by atoms with Crippen LogP contribution in [0.3, 0.4) is 0 Å². The van der Waals surface area contributed by atoms with Crippen molar-refractivity contribution in [2.45, 2.75) is 19.0 Å². The third kappa shape index (κ3) is 3.87. The Morgan fingerprint density at radius 1 is 1.17 bits per heavy atom. The average molecular weight is 419 g/mol. The molecule has 5 nitrogen and oxygen atoms in total. The van der Waals surface area contributed by atoms with Crippen molar-refractivity contribution < 1.29 is 26.5 Å². The van der Waals surface area contributed by atoms with Crippen molar-refractivity contribution in [1.29, 1.82) is 0 Å². The summed E-state index contributed by atoms with van der Waals surface area (Å²) >= 11 is 0. The maximum absolute atomic E-state index is 13.7. The maximum atomic E-state index is 13.7. The number of fused-ring (bicyclic) bond motifs is 1. The smallest absolute Gasteiger partial charge is 0.341 e. The van der Waals surface area contributed by atoms with Crippen molar-refractivity contribution in [3.8, 4) is 11.4 Å².